The summed E-state index contributed by atoms with van der Waals surface area (Å²) in [5.41, 5.74) is 0.00431. The van der Waals surface area contributed by atoms with Gasteiger partial charge in [0.25, 0.3) is 0 Å². The Morgan fingerprint density at radius 3 is 2.97 bits per heavy atom. The van der Waals surface area contributed by atoms with Crippen molar-refractivity contribution in [2.75, 3.05) is 29.9 Å². The van der Waals surface area contributed by atoms with E-state index >= 15 is 0 Å². The molecule has 1 atom stereocenters. The van der Waals surface area contributed by atoms with Crippen LogP contribution in [-0.2, 0) is 9.53 Å². The van der Waals surface area contributed by atoms with Crippen molar-refractivity contribution in [3.8, 4) is 0 Å². The number of carbonyl (C=O) groups is 1. The van der Waals surface area contributed by atoms with Crippen LogP contribution in [0.3, 0.4) is 0 Å². The van der Waals surface area contributed by atoms with Gasteiger partial charge < -0.3 is 15.0 Å². The van der Waals surface area contributed by atoms with Crippen molar-refractivity contribution in [2.24, 2.45) is 5.92 Å². The number of piperidine rings is 1. The van der Waals surface area contributed by atoms with Crippen LogP contribution >= 0.6 is 11.6 Å². The molecule has 1 N–H and O–H groups in total. The van der Waals surface area contributed by atoms with Crippen LogP contribution in [0.2, 0.25) is 5.02 Å². The summed E-state index contributed by atoms with van der Waals surface area (Å²) >= 11 is 5.77. The fourth-order valence-electron chi connectivity index (χ4n) is 3.19. The van der Waals surface area contributed by atoms with Crippen molar-refractivity contribution in [1.82, 2.24) is 9.97 Å². The van der Waals surface area contributed by atoms with Gasteiger partial charge in [0.1, 0.15) is 12.1 Å². The number of hydrogen-bond donors (Lipinski definition) is 1. The topological polar surface area (TPSA) is 110 Å². The monoisotopic (exact) mass is 423 g/mol. The number of benzene rings is 1. The summed E-state index contributed by atoms with van der Waals surface area (Å²) in [7, 11) is 0. The van der Waals surface area contributed by atoms with Gasteiger partial charge in [-0.05, 0) is 38.0 Å². The highest BCUT2D eigenvalue weighted by Gasteiger charge is 2.33. The Morgan fingerprint density at radius 2 is 2.28 bits per heavy atom. The second kappa shape index (κ2) is 8.99. The maximum atomic E-state index is 13.4. The number of nitrogens with zero attached hydrogens (tertiary/aromatic N) is 4. The van der Waals surface area contributed by atoms with Gasteiger partial charge in [0.05, 0.1) is 22.5 Å². The number of ether oxygens (including phenoxy) is 1. The molecule has 154 valence electrons. The van der Waals surface area contributed by atoms with E-state index < -0.39 is 10.7 Å². The summed E-state index contributed by atoms with van der Waals surface area (Å²) in [4.78, 5) is 33.0. The van der Waals surface area contributed by atoms with Crippen LogP contribution < -0.4 is 10.2 Å². The van der Waals surface area contributed by atoms with Crippen LogP contribution in [-0.4, -0.2) is 40.6 Å². The number of carbonyl (C=O) groups excluding carboxylic acids is 1. The van der Waals surface area contributed by atoms with E-state index in [2.05, 4.69) is 15.3 Å². The number of anilines is 3. The second-order valence-electron chi connectivity index (χ2n) is 6.44. The Labute approximate surface area is 171 Å². The number of nitrogens with one attached hydrogen (secondary N) is 1. The predicted octanol–water partition coefficient (Wildman–Crippen LogP) is 3.70. The van der Waals surface area contributed by atoms with Crippen LogP contribution in [0.25, 0.3) is 0 Å². The lowest BCUT2D eigenvalue weighted by Gasteiger charge is -2.32. The molecule has 1 unspecified atom stereocenters. The van der Waals surface area contributed by atoms with Gasteiger partial charge in [-0.25, -0.2) is 14.4 Å². The fourth-order valence-corrected chi connectivity index (χ4v) is 3.37. The van der Waals surface area contributed by atoms with Crippen molar-refractivity contribution in [3.05, 3.63) is 45.5 Å². The lowest BCUT2D eigenvalue weighted by atomic mass is 9.98. The molecule has 1 saturated heterocycles. The van der Waals surface area contributed by atoms with Crippen molar-refractivity contribution in [3.63, 3.8) is 0 Å². The number of halogens is 2. The van der Waals surface area contributed by atoms with Crippen LogP contribution in [0.1, 0.15) is 19.8 Å². The van der Waals surface area contributed by atoms with Gasteiger partial charge in [0.15, 0.2) is 0 Å². The molecule has 3 rings (SSSR count). The molecule has 1 fully saturated rings. The molecule has 0 bridgehead atoms. The van der Waals surface area contributed by atoms with Gasteiger partial charge in [-0.2, -0.15) is 0 Å². The van der Waals surface area contributed by atoms with Gasteiger partial charge >= 0.3 is 11.7 Å². The molecular weight excluding hydrogens is 405 g/mol. The smallest absolute Gasteiger partial charge is 0.353 e. The Hall–Kier alpha value is -3.01. The van der Waals surface area contributed by atoms with E-state index in [1.54, 1.807) is 11.8 Å². The van der Waals surface area contributed by atoms with Crippen molar-refractivity contribution in [2.45, 2.75) is 19.8 Å². The van der Waals surface area contributed by atoms with Gasteiger partial charge in [0, 0.05) is 18.8 Å². The van der Waals surface area contributed by atoms with E-state index in [0.717, 1.165) is 6.07 Å². The highest BCUT2D eigenvalue weighted by molar-refractivity contribution is 6.31. The quantitative estimate of drug-likeness (QED) is 0.425. The molecule has 2 aromatic rings. The third kappa shape index (κ3) is 4.70. The summed E-state index contributed by atoms with van der Waals surface area (Å²) < 4.78 is 18.4. The Kier molecular flexibility index (Phi) is 6.42. The first kappa shape index (κ1) is 20.7. The molecular formula is C18H19ClFN5O4. The first-order chi connectivity index (χ1) is 13.9. The molecule has 1 aromatic heterocycles. The minimum Gasteiger partial charge on any atom is -0.466 e. The Balaban J connectivity index is 1.91. The maximum absolute atomic E-state index is 13.4. The molecule has 0 spiro atoms. The molecule has 1 aliphatic rings. The lowest BCUT2D eigenvalue weighted by molar-refractivity contribution is -0.383. The molecule has 1 aliphatic heterocycles. The minimum atomic E-state index is -0.603. The molecule has 0 aliphatic carbocycles. The van der Waals surface area contributed by atoms with Crippen molar-refractivity contribution >= 4 is 40.6 Å². The molecule has 1 aromatic carbocycles. The van der Waals surface area contributed by atoms with Gasteiger partial charge in [-0.3, -0.25) is 14.9 Å². The zero-order chi connectivity index (χ0) is 21.0. The highest BCUT2D eigenvalue weighted by Crippen LogP contribution is 2.36. The molecule has 9 nitrogen and oxygen atoms in total. The first-order valence-corrected chi connectivity index (χ1v) is 9.41. The summed E-state index contributed by atoms with van der Waals surface area (Å²) in [5.74, 6) is -1.26. The van der Waals surface area contributed by atoms with Crippen molar-refractivity contribution in [1.29, 1.82) is 0 Å². The normalized spacial score (nSPS) is 16.4. The number of aromatic nitrogens is 2. The molecule has 0 radical (unpaired) electrons. The second-order valence-corrected chi connectivity index (χ2v) is 6.85. The van der Waals surface area contributed by atoms with Gasteiger partial charge in [-0.1, -0.05) is 11.6 Å². The van der Waals surface area contributed by atoms with E-state index in [1.165, 1.54) is 18.5 Å². The van der Waals surface area contributed by atoms with E-state index in [0.29, 0.717) is 25.1 Å². The van der Waals surface area contributed by atoms with Crippen LogP contribution in [0, 0.1) is 21.8 Å². The lowest BCUT2D eigenvalue weighted by Crippen LogP contribution is -2.40. The molecule has 0 amide bonds. The average molecular weight is 424 g/mol. The molecule has 11 heteroatoms. The SMILES string of the molecule is CCOC(=O)C1CCCN(c2ncnc(Nc3ccc(F)c(Cl)c3)c2[N+](=O)[O-])C1. The largest absolute Gasteiger partial charge is 0.466 e. The summed E-state index contributed by atoms with van der Waals surface area (Å²) in [6.45, 7) is 2.78. The van der Waals surface area contributed by atoms with Crippen molar-refractivity contribution < 1.29 is 18.8 Å². The van der Waals surface area contributed by atoms with E-state index in [9.17, 15) is 19.3 Å². The number of rotatable bonds is 6. The van der Waals surface area contributed by atoms with E-state index in [4.69, 9.17) is 16.3 Å². The van der Waals surface area contributed by atoms with Gasteiger partial charge in [-0.15, -0.1) is 0 Å². The van der Waals surface area contributed by atoms with Crippen LogP contribution in [0.4, 0.5) is 27.4 Å². The molecule has 29 heavy (non-hydrogen) atoms. The molecule has 2 heterocycles. The average Bonchev–Trinajstić information content (AvgIpc) is 2.70. The predicted molar refractivity (Wildman–Crippen MR) is 105 cm³/mol. The van der Waals surface area contributed by atoms with E-state index in [1.807, 2.05) is 0 Å². The van der Waals surface area contributed by atoms with Gasteiger partial charge in [0.2, 0.25) is 11.6 Å². The number of nitro groups is 1. The standard InChI is InChI=1S/C18H19ClFN5O4/c1-2-29-18(26)11-4-3-7-24(9-11)17-15(25(27)28)16(21-10-22-17)23-12-5-6-14(20)13(19)8-12/h5-6,8,10-11H,2-4,7,9H2,1H3,(H,21,22,23). The number of hydrogen-bond acceptors (Lipinski definition) is 8. The zero-order valence-corrected chi connectivity index (χ0v) is 16.4. The maximum Gasteiger partial charge on any atom is 0.353 e. The third-order valence-electron chi connectivity index (χ3n) is 4.51. The van der Waals surface area contributed by atoms with Crippen LogP contribution in [0.15, 0.2) is 24.5 Å². The minimum absolute atomic E-state index is 0.0547. The third-order valence-corrected chi connectivity index (χ3v) is 4.80. The Bertz CT molecular complexity index is 929. The zero-order valence-electron chi connectivity index (χ0n) is 15.6. The summed E-state index contributed by atoms with van der Waals surface area (Å²) in [5, 5.41) is 14.5. The Morgan fingerprint density at radius 1 is 1.48 bits per heavy atom. The van der Waals surface area contributed by atoms with Crippen LogP contribution in [0.5, 0.6) is 0 Å². The number of esters is 1. The van der Waals surface area contributed by atoms with E-state index in [-0.39, 0.29) is 47.4 Å². The fraction of sp³-hybridized carbons (Fsp3) is 0.389. The molecule has 0 saturated carbocycles. The first-order valence-electron chi connectivity index (χ1n) is 9.03. The summed E-state index contributed by atoms with van der Waals surface area (Å²) in [6.07, 6.45) is 2.51. The highest BCUT2D eigenvalue weighted by atomic mass is 35.5. The summed E-state index contributed by atoms with van der Waals surface area (Å²) in [6, 6.07) is 3.84.